The van der Waals surface area contributed by atoms with E-state index in [4.69, 9.17) is 4.74 Å². The molecule has 0 saturated heterocycles. The number of aromatic hydroxyl groups is 1. The first-order valence-corrected chi connectivity index (χ1v) is 9.91. The fraction of sp³-hybridized carbons (Fsp3) is 0.208. The second kappa shape index (κ2) is 9.75. The van der Waals surface area contributed by atoms with Gasteiger partial charge in [-0.05, 0) is 29.5 Å². The number of hydrogen-bond donors (Lipinski definition) is 3. The Morgan fingerprint density at radius 3 is 2.42 bits per heavy atom. The average molecular weight is 420 g/mol. The van der Waals surface area contributed by atoms with E-state index in [1.165, 1.54) is 6.07 Å². The molecule has 0 radical (unpaired) electrons. The molecule has 0 saturated carbocycles. The molecule has 7 heteroatoms. The van der Waals surface area contributed by atoms with Crippen LogP contribution < -0.4 is 10.6 Å². The molecule has 0 bridgehead atoms. The maximum Gasteiger partial charge on any atom is 0.342 e. The fourth-order valence-corrected chi connectivity index (χ4v) is 3.00. The molecule has 160 valence electrons. The van der Waals surface area contributed by atoms with Crippen LogP contribution in [0.2, 0.25) is 0 Å². The van der Waals surface area contributed by atoms with Crippen molar-refractivity contribution in [1.82, 2.24) is 5.32 Å². The smallest absolute Gasteiger partial charge is 0.342 e. The van der Waals surface area contributed by atoms with Crippen LogP contribution in [0.4, 0.5) is 5.69 Å². The summed E-state index contributed by atoms with van der Waals surface area (Å²) >= 11 is 0. The Hall–Kier alpha value is -3.87. The molecular weight excluding hydrogens is 396 g/mol. The number of phenols is 1. The van der Waals surface area contributed by atoms with Crippen LogP contribution in [0.25, 0.3) is 10.8 Å². The van der Waals surface area contributed by atoms with Gasteiger partial charge in [-0.1, -0.05) is 56.3 Å². The van der Waals surface area contributed by atoms with Crippen LogP contribution in [0.3, 0.4) is 0 Å². The monoisotopic (exact) mass is 420 g/mol. The Labute approximate surface area is 180 Å². The maximum atomic E-state index is 12.4. The van der Waals surface area contributed by atoms with Gasteiger partial charge in [-0.2, -0.15) is 0 Å². The van der Waals surface area contributed by atoms with Gasteiger partial charge in [0.1, 0.15) is 11.3 Å². The van der Waals surface area contributed by atoms with Crippen molar-refractivity contribution >= 4 is 34.2 Å². The van der Waals surface area contributed by atoms with Gasteiger partial charge in [-0.25, -0.2) is 4.79 Å². The Kier molecular flexibility index (Phi) is 6.87. The van der Waals surface area contributed by atoms with Gasteiger partial charge in [0.05, 0.1) is 11.3 Å². The first-order valence-electron chi connectivity index (χ1n) is 9.91. The summed E-state index contributed by atoms with van der Waals surface area (Å²) < 4.78 is 5.06. The maximum absolute atomic E-state index is 12.4. The van der Waals surface area contributed by atoms with Crippen LogP contribution in [0, 0.1) is 5.92 Å². The van der Waals surface area contributed by atoms with E-state index in [-0.39, 0.29) is 23.1 Å². The molecule has 3 N–H and O–H groups in total. The van der Waals surface area contributed by atoms with E-state index < -0.39 is 18.5 Å². The summed E-state index contributed by atoms with van der Waals surface area (Å²) in [6.45, 7) is 3.91. The fourth-order valence-electron chi connectivity index (χ4n) is 3.00. The van der Waals surface area contributed by atoms with Crippen molar-refractivity contribution in [2.45, 2.75) is 13.8 Å². The Balaban J connectivity index is 1.64. The Morgan fingerprint density at radius 1 is 0.935 bits per heavy atom. The number of nitrogens with one attached hydrogen (secondary N) is 2. The third-order valence-electron chi connectivity index (χ3n) is 4.57. The zero-order valence-corrected chi connectivity index (χ0v) is 17.3. The van der Waals surface area contributed by atoms with Crippen LogP contribution >= 0.6 is 0 Å². The highest BCUT2D eigenvalue weighted by Gasteiger charge is 2.18. The van der Waals surface area contributed by atoms with Crippen molar-refractivity contribution in [3.05, 3.63) is 71.8 Å². The van der Waals surface area contributed by atoms with E-state index in [0.717, 1.165) is 5.39 Å². The van der Waals surface area contributed by atoms with Gasteiger partial charge in [0, 0.05) is 11.9 Å². The van der Waals surface area contributed by atoms with Crippen LogP contribution in [-0.2, 0) is 9.53 Å². The summed E-state index contributed by atoms with van der Waals surface area (Å²) in [5.41, 5.74) is 0.605. The minimum absolute atomic E-state index is 0.0278. The third-order valence-corrected chi connectivity index (χ3v) is 4.57. The van der Waals surface area contributed by atoms with E-state index >= 15 is 0 Å². The van der Waals surface area contributed by atoms with Crippen LogP contribution in [-0.4, -0.2) is 36.0 Å². The highest BCUT2D eigenvalue weighted by atomic mass is 16.5. The lowest BCUT2D eigenvalue weighted by Gasteiger charge is -2.13. The summed E-state index contributed by atoms with van der Waals surface area (Å²) in [7, 11) is 0. The van der Waals surface area contributed by atoms with E-state index in [1.54, 1.807) is 42.5 Å². The topological polar surface area (TPSA) is 105 Å². The first kappa shape index (κ1) is 21.8. The molecule has 0 fully saturated rings. The largest absolute Gasteiger partial charge is 0.506 e. The zero-order chi connectivity index (χ0) is 22.4. The number of benzene rings is 3. The predicted octanol–water partition coefficient (Wildman–Crippen LogP) is 3.73. The Bertz CT molecular complexity index is 1120. The highest BCUT2D eigenvalue weighted by Crippen LogP contribution is 2.29. The number of amides is 2. The van der Waals surface area contributed by atoms with E-state index in [2.05, 4.69) is 10.6 Å². The molecule has 7 nitrogen and oxygen atoms in total. The molecule has 31 heavy (non-hydrogen) atoms. The standard InChI is InChI=1S/C24H24N2O5/c1-15(2)13-25-23(29)18-9-5-6-10-20(18)26-21(27)14-31-24(30)19-12-11-16-7-3-4-8-17(16)22(19)28/h3-12,15,28H,13-14H2,1-2H3,(H,25,29)(H,26,27). The van der Waals surface area contributed by atoms with Crippen molar-refractivity contribution in [1.29, 1.82) is 0 Å². The molecule has 3 aromatic rings. The predicted molar refractivity (Wildman–Crippen MR) is 118 cm³/mol. The number of para-hydroxylation sites is 1. The van der Waals surface area contributed by atoms with Gasteiger partial charge in [-0.15, -0.1) is 0 Å². The van der Waals surface area contributed by atoms with Crippen molar-refractivity contribution in [3.8, 4) is 5.75 Å². The van der Waals surface area contributed by atoms with Crippen molar-refractivity contribution < 1.29 is 24.2 Å². The first-order chi connectivity index (χ1) is 14.9. The van der Waals surface area contributed by atoms with Crippen LogP contribution in [0.15, 0.2) is 60.7 Å². The number of carbonyl (C=O) groups excluding carboxylic acids is 3. The summed E-state index contributed by atoms with van der Waals surface area (Å²) in [5, 5.41) is 17.0. The lowest BCUT2D eigenvalue weighted by molar-refractivity contribution is -0.119. The van der Waals surface area contributed by atoms with Crippen molar-refractivity contribution in [2.24, 2.45) is 5.92 Å². The SMILES string of the molecule is CC(C)CNC(=O)c1ccccc1NC(=O)COC(=O)c1ccc2ccccc2c1O. The summed E-state index contributed by atoms with van der Waals surface area (Å²) in [4.78, 5) is 37.0. The molecule has 2 amide bonds. The second-order valence-corrected chi connectivity index (χ2v) is 7.46. The normalized spacial score (nSPS) is 10.7. The molecule has 3 aromatic carbocycles. The number of rotatable bonds is 7. The van der Waals surface area contributed by atoms with E-state index in [9.17, 15) is 19.5 Å². The number of ether oxygens (including phenoxy) is 1. The van der Waals surface area contributed by atoms with Gasteiger partial charge in [0.15, 0.2) is 6.61 Å². The van der Waals surface area contributed by atoms with Gasteiger partial charge in [0.25, 0.3) is 11.8 Å². The second-order valence-electron chi connectivity index (χ2n) is 7.46. The van der Waals surface area contributed by atoms with Crippen LogP contribution in [0.1, 0.15) is 34.6 Å². The molecule has 0 aliphatic carbocycles. The molecule has 0 aliphatic heterocycles. The summed E-state index contributed by atoms with van der Waals surface area (Å²) in [6.07, 6.45) is 0. The number of carbonyl (C=O) groups is 3. The lowest BCUT2D eigenvalue weighted by atomic mass is 10.1. The quantitative estimate of drug-likeness (QED) is 0.505. The molecule has 3 rings (SSSR count). The summed E-state index contributed by atoms with van der Waals surface area (Å²) in [6, 6.07) is 16.8. The molecule has 0 heterocycles. The number of fused-ring (bicyclic) bond motifs is 1. The van der Waals surface area contributed by atoms with Crippen molar-refractivity contribution in [2.75, 3.05) is 18.5 Å². The van der Waals surface area contributed by atoms with E-state index in [1.807, 2.05) is 26.0 Å². The van der Waals surface area contributed by atoms with Crippen LogP contribution in [0.5, 0.6) is 5.75 Å². The zero-order valence-electron chi connectivity index (χ0n) is 17.3. The van der Waals surface area contributed by atoms with Gasteiger partial charge in [0.2, 0.25) is 0 Å². The molecule has 0 aliphatic rings. The van der Waals surface area contributed by atoms with Crippen molar-refractivity contribution in [3.63, 3.8) is 0 Å². The average Bonchev–Trinajstić information content (AvgIpc) is 2.76. The molecule has 0 spiro atoms. The molecular formula is C24H24N2O5. The highest BCUT2D eigenvalue weighted by molar-refractivity contribution is 6.05. The molecule has 0 atom stereocenters. The number of phenolic OH excluding ortho intramolecular Hbond substituents is 1. The number of anilines is 1. The van der Waals surface area contributed by atoms with Gasteiger partial charge < -0.3 is 20.5 Å². The van der Waals surface area contributed by atoms with E-state index in [0.29, 0.717) is 23.2 Å². The number of hydrogen-bond acceptors (Lipinski definition) is 5. The minimum Gasteiger partial charge on any atom is -0.506 e. The number of esters is 1. The minimum atomic E-state index is -0.818. The molecule has 0 aromatic heterocycles. The molecule has 0 unspecified atom stereocenters. The third kappa shape index (κ3) is 5.39. The van der Waals surface area contributed by atoms with Gasteiger partial charge >= 0.3 is 5.97 Å². The Morgan fingerprint density at radius 2 is 1.65 bits per heavy atom. The lowest BCUT2D eigenvalue weighted by Crippen LogP contribution is -2.29. The summed E-state index contributed by atoms with van der Waals surface area (Å²) in [5.74, 6) is -1.63. The van der Waals surface area contributed by atoms with Gasteiger partial charge in [-0.3, -0.25) is 9.59 Å².